The molecule has 0 radical (unpaired) electrons. The maximum Gasteiger partial charge on any atom is 0.248 e. The van der Waals surface area contributed by atoms with Gasteiger partial charge in [0.05, 0.1) is 10.2 Å². The smallest absolute Gasteiger partial charge is 0.225 e. The van der Waals surface area contributed by atoms with Crippen LogP contribution in [0.4, 0.5) is 8.78 Å². The Bertz CT molecular complexity index is 390. The van der Waals surface area contributed by atoms with Gasteiger partial charge in [-0.2, -0.15) is 0 Å². The SMILES string of the molecule is FC1(F)CCC(c2nc(Cl)ncc2Br)CC1. The van der Waals surface area contributed by atoms with Gasteiger partial charge in [-0.3, -0.25) is 0 Å². The number of alkyl halides is 2. The fourth-order valence-electron chi connectivity index (χ4n) is 1.96. The van der Waals surface area contributed by atoms with Crippen LogP contribution in [-0.4, -0.2) is 15.9 Å². The summed E-state index contributed by atoms with van der Waals surface area (Å²) in [4.78, 5) is 7.93. The largest absolute Gasteiger partial charge is 0.248 e. The second kappa shape index (κ2) is 4.53. The molecular weight excluding hydrogens is 301 g/mol. The van der Waals surface area contributed by atoms with Crippen LogP contribution in [0.2, 0.25) is 5.28 Å². The van der Waals surface area contributed by atoms with Crippen molar-refractivity contribution in [1.29, 1.82) is 0 Å². The van der Waals surface area contributed by atoms with Crippen LogP contribution < -0.4 is 0 Å². The van der Waals surface area contributed by atoms with Crippen LogP contribution in [0.25, 0.3) is 0 Å². The van der Waals surface area contributed by atoms with Gasteiger partial charge in [0.2, 0.25) is 11.2 Å². The van der Waals surface area contributed by atoms with Crippen LogP contribution in [0.15, 0.2) is 10.7 Å². The van der Waals surface area contributed by atoms with Crippen LogP contribution in [0.1, 0.15) is 37.3 Å². The van der Waals surface area contributed by atoms with E-state index >= 15 is 0 Å². The van der Waals surface area contributed by atoms with E-state index in [1.807, 2.05) is 0 Å². The lowest BCUT2D eigenvalue weighted by molar-refractivity contribution is -0.0385. The summed E-state index contributed by atoms with van der Waals surface area (Å²) < 4.78 is 26.7. The highest BCUT2D eigenvalue weighted by Crippen LogP contribution is 2.41. The maximum atomic E-state index is 13.0. The van der Waals surface area contributed by atoms with Gasteiger partial charge in [-0.05, 0) is 40.4 Å². The molecule has 0 unspecified atom stereocenters. The van der Waals surface area contributed by atoms with Crippen LogP contribution >= 0.6 is 27.5 Å². The number of nitrogens with zero attached hydrogens (tertiary/aromatic N) is 2. The average molecular weight is 312 g/mol. The Hall–Kier alpha value is -0.290. The lowest BCUT2D eigenvalue weighted by atomic mass is 9.85. The van der Waals surface area contributed by atoms with E-state index in [1.165, 1.54) is 0 Å². The zero-order chi connectivity index (χ0) is 11.8. The van der Waals surface area contributed by atoms with Gasteiger partial charge < -0.3 is 0 Å². The van der Waals surface area contributed by atoms with Crippen molar-refractivity contribution in [3.63, 3.8) is 0 Å². The third kappa shape index (κ3) is 2.69. The molecule has 2 rings (SSSR count). The van der Waals surface area contributed by atoms with Gasteiger partial charge in [0.15, 0.2) is 0 Å². The summed E-state index contributed by atoms with van der Waals surface area (Å²) in [7, 11) is 0. The highest BCUT2D eigenvalue weighted by Gasteiger charge is 2.36. The molecule has 0 amide bonds. The zero-order valence-corrected chi connectivity index (χ0v) is 10.7. The van der Waals surface area contributed by atoms with Gasteiger partial charge in [0, 0.05) is 25.0 Å². The standard InChI is InChI=1S/C10H10BrClF2N2/c11-7-5-15-9(12)16-8(7)6-1-3-10(13,14)4-2-6/h5-6H,1-4H2. The molecule has 2 nitrogen and oxygen atoms in total. The molecular formula is C10H10BrClF2N2. The van der Waals surface area contributed by atoms with Crippen molar-refractivity contribution in [3.05, 3.63) is 21.6 Å². The van der Waals surface area contributed by atoms with Crippen molar-refractivity contribution in [1.82, 2.24) is 9.97 Å². The topological polar surface area (TPSA) is 25.8 Å². The summed E-state index contributed by atoms with van der Waals surface area (Å²) in [6, 6.07) is 0. The van der Waals surface area contributed by atoms with Gasteiger partial charge in [0.1, 0.15) is 0 Å². The molecule has 1 saturated carbocycles. The van der Waals surface area contributed by atoms with Crippen molar-refractivity contribution in [3.8, 4) is 0 Å². The molecule has 0 bridgehead atoms. The quantitative estimate of drug-likeness (QED) is 0.727. The highest BCUT2D eigenvalue weighted by atomic mass is 79.9. The van der Waals surface area contributed by atoms with Crippen LogP contribution in [0.5, 0.6) is 0 Å². The molecule has 1 heterocycles. The van der Waals surface area contributed by atoms with Crippen molar-refractivity contribution in [2.75, 3.05) is 0 Å². The van der Waals surface area contributed by atoms with E-state index in [9.17, 15) is 8.78 Å². The number of aromatic nitrogens is 2. The first-order valence-electron chi connectivity index (χ1n) is 5.04. The third-order valence-electron chi connectivity index (χ3n) is 2.85. The van der Waals surface area contributed by atoms with Gasteiger partial charge in [0.25, 0.3) is 0 Å². The van der Waals surface area contributed by atoms with Gasteiger partial charge in [-0.1, -0.05) is 0 Å². The first kappa shape index (κ1) is 12.2. The first-order chi connectivity index (χ1) is 7.48. The Balaban J connectivity index is 2.17. The fourth-order valence-corrected chi connectivity index (χ4v) is 2.61. The fraction of sp³-hybridized carbons (Fsp3) is 0.600. The molecule has 1 aromatic heterocycles. The lowest BCUT2D eigenvalue weighted by Gasteiger charge is -2.28. The molecule has 88 valence electrons. The van der Waals surface area contributed by atoms with Gasteiger partial charge >= 0.3 is 0 Å². The second-order valence-corrected chi connectivity index (χ2v) is 5.19. The zero-order valence-electron chi connectivity index (χ0n) is 8.39. The Morgan fingerprint density at radius 3 is 2.62 bits per heavy atom. The summed E-state index contributed by atoms with van der Waals surface area (Å²) >= 11 is 9.02. The molecule has 0 spiro atoms. The number of hydrogen-bond acceptors (Lipinski definition) is 2. The van der Waals surface area contributed by atoms with Gasteiger partial charge in [-0.25, -0.2) is 18.7 Å². The Morgan fingerprint density at radius 2 is 2.00 bits per heavy atom. The van der Waals surface area contributed by atoms with Crippen LogP contribution in [0, 0.1) is 0 Å². The van der Waals surface area contributed by atoms with Crippen LogP contribution in [0.3, 0.4) is 0 Å². The molecule has 0 saturated heterocycles. The molecule has 6 heteroatoms. The van der Waals surface area contributed by atoms with Crippen molar-refractivity contribution < 1.29 is 8.78 Å². The number of hydrogen-bond donors (Lipinski definition) is 0. The monoisotopic (exact) mass is 310 g/mol. The molecule has 1 aliphatic carbocycles. The van der Waals surface area contributed by atoms with Crippen molar-refractivity contribution in [2.45, 2.75) is 37.5 Å². The summed E-state index contributed by atoms with van der Waals surface area (Å²) in [6.07, 6.45) is 2.30. The normalized spacial score (nSPS) is 21.0. The first-order valence-corrected chi connectivity index (χ1v) is 6.21. The van der Waals surface area contributed by atoms with Crippen molar-refractivity contribution >= 4 is 27.5 Å². The minimum absolute atomic E-state index is 0.0505. The average Bonchev–Trinajstić information content (AvgIpc) is 2.22. The number of rotatable bonds is 1. The van der Waals surface area contributed by atoms with E-state index in [0.717, 1.165) is 10.2 Å². The minimum Gasteiger partial charge on any atom is -0.225 e. The summed E-state index contributed by atoms with van der Waals surface area (Å²) in [5, 5.41) is 0.163. The predicted octanol–water partition coefficient (Wildman–Crippen LogP) is 4.19. The predicted molar refractivity (Wildman–Crippen MR) is 60.9 cm³/mol. The minimum atomic E-state index is -2.51. The summed E-state index contributed by atoms with van der Waals surface area (Å²) in [5.41, 5.74) is 0.746. The molecule has 1 aromatic rings. The van der Waals surface area contributed by atoms with E-state index < -0.39 is 5.92 Å². The number of halogens is 4. The van der Waals surface area contributed by atoms with Crippen LogP contribution in [-0.2, 0) is 0 Å². The molecule has 0 aliphatic heterocycles. The molecule has 0 atom stereocenters. The van der Waals surface area contributed by atoms with Gasteiger partial charge in [-0.15, -0.1) is 0 Å². The van der Waals surface area contributed by atoms with Crippen molar-refractivity contribution in [2.24, 2.45) is 0 Å². The maximum absolute atomic E-state index is 13.0. The second-order valence-electron chi connectivity index (χ2n) is 4.00. The molecule has 1 fully saturated rings. The Kier molecular flexibility index (Phi) is 3.45. The van der Waals surface area contributed by atoms with E-state index in [2.05, 4.69) is 25.9 Å². The Labute approximate surface area is 106 Å². The van der Waals surface area contributed by atoms with E-state index in [4.69, 9.17) is 11.6 Å². The molecule has 1 aliphatic rings. The summed E-state index contributed by atoms with van der Waals surface area (Å²) in [6.45, 7) is 0. The lowest BCUT2D eigenvalue weighted by Crippen LogP contribution is -2.24. The summed E-state index contributed by atoms with van der Waals surface area (Å²) in [5.74, 6) is -2.46. The molecule has 0 N–H and O–H groups in total. The van der Waals surface area contributed by atoms with E-state index in [1.54, 1.807) is 6.20 Å². The Morgan fingerprint density at radius 1 is 1.38 bits per heavy atom. The highest BCUT2D eigenvalue weighted by molar-refractivity contribution is 9.10. The van der Waals surface area contributed by atoms with E-state index in [-0.39, 0.29) is 24.0 Å². The van der Waals surface area contributed by atoms with E-state index in [0.29, 0.717) is 12.8 Å². The third-order valence-corrected chi connectivity index (χ3v) is 3.64. The molecule has 16 heavy (non-hydrogen) atoms. The molecule has 0 aromatic carbocycles.